The van der Waals surface area contributed by atoms with E-state index in [2.05, 4.69) is 20.9 Å². The van der Waals surface area contributed by atoms with Gasteiger partial charge in [0.2, 0.25) is 0 Å². The number of ether oxygens (including phenoxy) is 3. The zero-order valence-corrected chi connectivity index (χ0v) is 15.2. The van der Waals surface area contributed by atoms with Crippen molar-refractivity contribution in [3.63, 3.8) is 0 Å². The first kappa shape index (κ1) is 17.1. The summed E-state index contributed by atoms with van der Waals surface area (Å²) >= 11 is 0. The van der Waals surface area contributed by atoms with Gasteiger partial charge in [-0.1, -0.05) is 0 Å². The minimum atomic E-state index is 0.457. The highest BCUT2D eigenvalue weighted by Gasteiger charge is 2.24. The second kappa shape index (κ2) is 7.91. The van der Waals surface area contributed by atoms with Crippen LogP contribution in [-0.4, -0.2) is 48.3 Å². The van der Waals surface area contributed by atoms with Crippen LogP contribution in [0.3, 0.4) is 0 Å². The largest absolute Gasteiger partial charge is 0.496 e. The Morgan fingerprint density at radius 3 is 2.81 bits per heavy atom. The standard InChI is InChI=1S/C20H25N3O3/c1-24-18-11-20-19(25-8-3-9-26-20)10-16(18)13-23-7-2-4-15(12-23)17-5-6-21-14-22-17/h5-6,10-11,14-15H,2-4,7-9,12-13H2,1H3/t15-/m0/s1. The summed E-state index contributed by atoms with van der Waals surface area (Å²) in [4.78, 5) is 10.9. The number of nitrogens with zero attached hydrogens (tertiary/aromatic N) is 3. The summed E-state index contributed by atoms with van der Waals surface area (Å²) in [5.41, 5.74) is 2.27. The number of likely N-dealkylation sites (tertiary alicyclic amines) is 1. The molecule has 26 heavy (non-hydrogen) atoms. The molecule has 0 unspecified atom stereocenters. The van der Waals surface area contributed by atoms with Crippen molar-refractivity contribution < 1.29 is 14.2 Å². The van der Waals surface area contributed by atoms with Crippen LogP contribution in [0.5, 0.6) is 17.2 Å². The van der Waals surface area contributed by atoms with E-state index in [0.717, 1.165) is 54.6 Å². The predicted octanol–water partition coefficient (Wildman–Crippen LogP) is 3.03. The summed E-state index contributed by atoms with van der Waals surface area (Å²) in [6, 6.07) is 6.07. The van der Waals surface area contributed by atoms with Gasteiger partial charge in [0, 0.05) is 48.9 Å². The second-order valence-corrected chi connectivity index (χ2v) is 6.87. The maximum atomic E-state index is 5.85. The van der Waals surface area contributed by atoms with Crippen molar-refractivity contribution in [3.8, 4) is 17.2 Å². The molecule has 1 aromatic heterocycles. The number of aromatic nitrogens is 2. The molecule has 4 rings (SSSR count). The van der Waals surface area contributed by atoms with Gasteiger partial charge in [-0.05, 0) is 31.5 Å². The number of methoxy groups -OCH3 is 1. The smallest absolute Gasteiger partial charge is 0.164 e. The fourth-order valence-corrected chi connectivity index (χ4v) is 3.77. The van der Waals surface area contributed by atoms with E-state index in [0.29, 0.717) is 19.1 Å². The maximum absolute atomic E-state index is 5.85. The summed E-state index contributed by atoms with van der Waals surface area (Å²) in [5.74, 6) is 2.92. The summed E-state index contributed by atoms with van der Waals surface area (Å²) in [6.07, 6.45) is 6.71. The van der Waals surface area contributed by atoms with Crippen molar-refractivity contribution in [3.05, 3.63) is 42.0 Å². The van der Waals surface area contributed by atoms with Crippen molar-refractivity contribution in [2.24, 2.45) is 0 Å². The Morgan fingerprint density at radius 2 is 2.04 bits per heavy atom. The van der Waals surface area contributed by atoms with Gasteiger partial charge in [0.15, 0.2) is 11.5 Å². The van der Waals surface area contributed by atoms with Gasteiger partial charge in [-0.3, -0.25) is 4.90 Å². The Balaban J connectivity index is 1.52. The van der Waals surface area contributed by atoms with E-state index in [1.807, 2.05) is 18.3 Å². The Morgan fingerprint density at radius 1 is 1.19 bits per heavy atom. The van der Waals surface area contributed by atoms with Gasteiger partial charge in [0.05, 0.1) is 20.3 Å². The minimum Gasteiger partial charge on any atom is -0.496 e. The number of hydrogen-bond donors (Lipinski definition) is 0. The van der Waals surface area contributed by atoms with Gasteiger partial charge >= 0.3 is 0 Å². The van der Waals surface area contributed by atoms with Crippen molar-refractivity contribution >= 4 is 0 Å². The molecule has 2 aliphatic rings. The Bertz CT molecular complexity index is 739. The first-order chi connectivity index (χ1) is 12.8. The molecule has 1 saturated heterocycles. The first-order valence-corrected chi connectivity index (χ1v) is 9.28. The fraction of sp³-hybridized carbons (Fsp3) is 0.500. The topological polar surface area (TPSA) is 56.7 Å². The van der Waals surface area contributed by atoms with E-state index in [9.17, 15) is 0 Å². The minimum absolute atomic E-state index is 0.457. The highest BCUT2D eigenvalue weighted by molar-refractivity contribution is 5.51. The van der Waals surface area contributed by atoms with Crippen LogP contribution in [0.15, 0.2) is 30.7 Å². The molecule has 2 aromatic rings. The van der Waals surface area contributed by atoms with Gasteiger partial charge in [-0.15, -0.1) is 0 Å². The van der Waals surface area contributed by atoms with E-state index in [4.69, 9.17) is 14.2 Å². The zero-order valence-electron chi connectivity index (χ0n) is 15.2. The second-order valence-electron chi connectivity index (χ2n) is 6.87. The zero-order chi connectivity index (χ0) is 17.8. The highest BCUT2D eigenvalue weighted by Crippen LogP contribution is 2.37. The summed E-state index contributed by atoms with van der Waals surface area (Å²) in [7, 11) is 1.71. The van der Waals surface area contributed by atoms with E-state index >= 15 is 0 Å². The number of benzene rings is 1. The van der Waals surface area contributed by atoms with Gasteiger partial charge in [0.1, 0.15) is 12.1 Å². The number of fused-ring (bicyclic) bond motifs is 1. The van der Waals surface area contributed by atoms with E-state index in [1.165, 1.54) is 12.8 Å². The fourth-order valence-electron chi connectivity index (χ4n) is 3.77. The van der Waals surface area contributed by atoms with Crippen LogP contribution in [0.25, 0.3) is 0 Å². The molecule has 6 heteroatoms. The van der Waals surface area contributed by atoms with Crippen LogP contribution in [0.1, 0.15) is 36.4 Å². The lowest BCUT2D eigenvalue weighted by molar-refractivity contribution is 0.196. The van der Waals surface area contributed by atoms with Crippen LogP contribution < -0.4 is 14.2 Å². The van der Waals surface area contributed by atoms with Crippen LogP contribution in [-0.2, 0) is 6.54 Å². The molecular formula is C20H25N3O3. The van der Waals surface area contributed by atoms with Crippen LogP contribution >= 0.6 is 0 Å². The SMILES string of the molecule is COc1cc2c(cc1CN1CCC[C@H](c3ccncn3)C1)OCCCO2. The lowest BCUT2D eigenvalue weighted by atomic mass is 9.94. The average Bonchev–Trinajstić information content (AvgIpc) is 2.93. The molecule has 3 heterocycles. The molecule has 0 bridgehead atoms. The Labute approximate surface area is 154 Å². The van der Waals surface area contributed by atoms with Gasteiger partial charge < -0.3 is 14.2 Å². The average molecular weight is 355 g/mol. The van der Waals surface area contributed by atoms with E-state index < -0.39 is 0 Å². The van der Waals surface area contributed by atoms with Gasteiger partial charge in [0.25, 0.3) is 0 Å². The highest BCUT2D eigenvalue weighted by atomic mass is 16.5. The molecule has 1 aromatic carbocycles. The normalized spacial score (nSPS) is 20.4. The van der Waals surface area contributed by atoms with E-state index in [1.54, 1.807) is 13.4 Å². The molecule has 0 aliphatic carbocycles. The van der Waals surface area contributed by atoms with Crippen molar-refractivity contribution in [1.29, 1.82) is 0 Å². The van der Waals surface area contributed by atoms with Crippen LogP contribution in [0.2, 0.25) is 0 Å². The third kappa shape index (κ3) is 3.75. The first-order valence-electron chi connectivity index (χ1n) is 9.28. The molecule has 0 saturated carbocycles. The summed E-state index contributed by atoms with van der Waals surface area (Å²) in [5, 5.41) is 0. The predicted molar refractivity (Wildman–Crippen MR) is 97.9 cm³/mol. The summed E-state index contributed by atoms with van der Waals surface area (Å²) < 4.78 is 17.3. The molecule has 138 valence electrons. The monoisotopic (exact) mass is 355 g/mol. The van der Waals surface area contributed by atoms with Gasteiger partial charge in [-0.2, -0.15) is 0 Å². The molecule has 0 amide bonds. The molecule has 2 aliphatic heterocycles. The van der Waals surface area contributed by atoms with E-state index in [-0.39, 0.29) is 0 Å². The molecule has 6 nitrogen and oxygen atoms in total. The number of rotatable bonds is 4. The summed E-state index contributed by atoms with van der Waals surface area (Å²) in [6.45, 7) is 4.29. The van der Waals surface area contributed by atoms with Crippen molar-refractivity contribution in [2.75, 3.05) is 33.4 Å². The number of piperidine rings is 1. The molecule has 0 spiro atoms. The van der Waals surface area contributed by atoms with Crippen molar-refractivity contribution in [2.45, 2.75) is 31.7 Å². The molecule has 0 N–H and O–H groups in total. The third-order valence-corrected chi connectivity index (χ3v) is 5.07. The maximum Gasteiger partial charge on any atom is 0.164 e. The Hall–Kier alpha value is -2.34. The van der Waals surface area contributed by atoms with Gasteiger partial charge in [-0.25, -0.2) is 9.97 Å². The Kier molecular flexibility index (Phi) is 5.20. The van der Waals surface area contributed by atoms with Crippen LogP contribution in [0, 0.1) is 0 Å². The molecule has 0 radical (unpaired) electrons. The molecule has 1 fully saturated rings. The molecular weight excluding hydrogens is 330 g/mol. The van der Waals surface area contributed by atoms with Crippen molar-refractivity contribution in [1.82, 2.24) is 14.9 Å². The number of hydrogen-bond acceptors (Lipinski definition) is 6. The third-order valence-electron chi connectivity index (χ3n) is 5.07. The van der Waals surface area contributed by atoms with Crippen LogP contribution in [0.4, 0.5) is 0 Å². The molecule has 1 atom stereocenters. The lowest BCUT2D eigenvalue weighted by Gasteiger charge is -2.32. The quantitative estimate of drug-likeness (QED) is 0.840. The lowest BCUT2D eigenvalue weighted by Crippen LogP contribution is -2.34.